The van der Waals surface area contributed by atoms with Crippen LogP contribution in [0.1, 0.15) is 27.6 Å². The first kappa shape index (κ1) is 19.9. The quantitative estimate of drug-likeness (QED) is 0.543. The van der Waals surface area contributed by atoms with Crippen molar-refractivity contribution in [3.8, 4) is 0 Å². The Hall–Kier alpha value is -2.42. The van der Waals surface area contributed by atoms with Gasteiger partial charge in [-0.3, -0.25) is 0 Å². The minimum Gasteiger partial charge on any atom is -0.478 e. The van der Waals surface area contributed by atoms with Crippen LogP contribution in [0.25, 0.3) is 0 Å². The zero-order valence-electron chi connectivity index (χ0n) is 13.6. The minimum atomic E-state index is -1.32. The second-order valence-corrected chi connectivity index (χ2v) is 6.35. The third-order valence-corrected chi connectivity index (χ3v) is 4.29. The standard InChI is InChI=1S/C18H18BrNO6/c19-14-8-12(17(23)24)6-7-13(14)16(22)15(21)9-20-18(25)26-10-11-4-2-1-3-5-11/h1-8,15-16,21-22H,9-10H2,(H,20,25)(H,23,24). The number of hydrogen-bond donors (Lipinski definition) is 4. The molecule has 138 valence electrons. The number of carbonyl (C=O) groups excluding carboxylic acids is 1. The average Bonchev–Trinajstić information content (AvgIpc) is 2.64. The van der Waals surface area contributed by atoms with Gasteiger partial charge in [-0.2, -0.15) is 0 Å². The minimum absolute atomic E-state index is 0.0462. The number of alkyl carbamates (subject to hydrolysis) is 1. The van der Waals surface area contributed by atoms with Crippen LogP contribution in [0.4, 0.5) is 4.79 Å². The summed E-state index contributed by atoms with van der Waals surface area (Å²) in [5, 5.41) is 31.6. The monoisotopic (exact) mass is 423 g/mol. The number of carboxylic acid groups (broad SMARTS) is 1. The average molecular weight is 424 g/mol. The number of carboxylic acids is 1. The molecule has 26 heavy (non-hydrogen) atoms. The molecule has 0 saturated carbocycles. The normalized spacial score (nSPS) is 12.9. The van der Waals surface area contributed by atoms with E-state index in [1.807, 2.05) is 30.3 Å². The predicted molar refractivity (Wildman–Crippen MR) is 96.7 cm³/mol. The van der Waals surface area contributed by atoms with Crippen LogP contribution >= 0.6 is 15.9 Å². The Labute approximate surface area is 158 Å². The van der Waals surface area contributed by atoms with Gasteiger partial charge in [-0.1, -0.05) is 52.3 Å². The number of aliphatic hydroxyl groups excluding tert-OH is 2. The molecule has 4 N–H and O–H groups in total. The van der Waals surface area contributed by atoms with Crippen LogP contribution in [-0.2, 0) is 11.3 Å². The van der Waals surface area contributed by atoms with Crippen LogP contribution in [-0.4, -0.2) is 40.0 Å². The van der Waals surface area contributed by atoms with Gasteiger partial charge in [-0.15, -0.1) is 0 Å². The number of benzene rings is 2. The van der Waals surface area contributed by atoms with Gasteiger partial charge in [-0.05, 0) is 23.3 Å². The molecule has 2 rings (SSSR count). The fraction of sp³-hybridized carbons (Fsp3) is 0.222. The van der Waals surface area contributed by atoms with Gasteiger partial charge >= 0.3 is 12.1 Å². The summed E-state index contributed by atoms with van der Waals surface area (Å²) < 4.78 is 5.36. The van der Waals surface area contributed by atoms with E-state index in [1.54, 1.807) is 0 Å². The van der Waals surface area contributed by atoms with E-state index in [9.17, 15) is 19.8 Å². The van der Waals surface area contributed by atoms with Crippen molar-refractivity contribution in [3.05, 3.63) is 69.7 Å². The lowest BCUT2D eigenvalue weighted by molar-refractivity contribution is 0.0180. The summed E-state index contributed by atoms with van der Waals surface area (Å²) in [4.78, 5) is 22.6. The summed E-state index contributed by atoms with van der Waals surface area (Å²) in [5.74, 6) is -1.10. The SMILES string of the molecule is O=C(NCC(O)C(O)c1ccc(C(=O)O)cc1Br)OCc1ccccc1. The predicted octanol–water partition coefficient (Wildman–Crippen LogP) is 2.47. The molecule has 0 aromatic heterocycles. The molecule has 0 aliphatic heterocycles. The Kier molecular flexibility index (Phi) is 7.14. The van der Waals surface area contributed by atoms with Gasteiger partial charge in [0.05, 0.1) is 5.56 Å². The van der Waals surface area contributed by atoms with Crippen molar-refractivity contribution in [1.29, 1.82) is 0 Å². The molecule has 2 aromatic carbocycles. The number of carbonyl (C=O) groups is 2. The second kappa shape index (κ2) is 9.33. The fourth-order valence-electron chi connectivity index (χ4n) is 2.18. The van der Waals surface area contributed by atoms with Crippen molar-refractivity contribution in [3.63, 3.8) is 0 Å². The molecule has 0 aliphatic carbocycles. The van der Waals surface area contributed by atoms with E-state index >= 15 is 0 Å². The smallest absolute Gasteiger partial charge is 0.407 e. The molecular formula is C18H18BrNO6. The van der Waals surface area contributed by atoms with E-state index < -0.39 is 24.3 Å². The molecule has 7 nitrogen and oxygen atoms in total. The molecule has 0 fully saturated rings. The first-order valence-electron chi connectivity index (χ1n) is 7.72. The number of hydrogen-bond acceptors (Lipinski definition) is 5. The van der Waals surface area contributed by atoms with Crippen molar-refractivity contribution < 1.29 is 29.6 Å². The number of nitrogens with one attached hydrogen (secondary N) is 1. The Morgan fingerprint density at radius 1 is 1.12 bits per heavy atom. The van der Waals surface area contributed by atoms with E-state index in [-0.39, 0.29) is 18.7 Å². The summed E-state index contributed by atoms with van der Waals surface area (Å²) in [7, 11) is 0. The molecule has 0 radical (unpaired) electrons. The van der Waals surface area contributed by atoms with Crippen molar-refractivity contribution in [1.82, 2.24) is 5.32 Å². The Morgan fingerprint density at radius 3 is 2.42 bits per heavy atom. The number of amides is 1. The van der Waals surface area contributed by atoms with Crippen molar-refractivity contribution in [2.75, 3.05) is 6.54 Å². The number of aliphatic hydroxyl groups is 2. The summed E-state index contributed by atoms with van der Waals surface area (Å²) >= 11 is 3.17. The molecule has 0 heterocycles. The van der Waals surface area contributed by atoms with Crippen LogP contribution in [0.3, 0.4) is 0 Å². The van der Waals surface area contributed by atoms with Crippen LogP contribution in [0, 0.1) is 0 Å². The highest BCUT2D eigenvalue weighted by Gasteiger charge is 2.22. The number of rotatable bonds is 7. The van der Waals surface area contributed by atoms with E-state index in [1.165, 1.54) is 18.2 Å². The molecule has 2 aromatic rings. The fourth-order valence-corrected chi connectivity index (χ4v) is 2.79. The van der Waals surface area contributed by atoms with Gasteiger partial charge in [0.2, 0.25) is 0 Å². The van der Waals surface area contributed by atoms with Crippen LogP contribution < -0.4 is 5.32 Å². The van der Waals surface area contributed by atoms with Gasteiger partial charge in [-0.25, -0.2) is 9.59 Å². The topological polar surface area (TPSA) is 116 Å². The molecule has 2 atom stereocenters. The second-order valence-electron chi connectivity index (χ2n) is 5.50. The zero-order valence-corrected chi connectivity index (χ0v) is 15.2. The van der Waals surface area contributed by atoms with E-state index in [0.717, 1.165) is 5.56 Å². The van der Waals surface area contributed by atoms with Crippen molar-refractivity contribution in [2.24, 2.45) is 0 Å². The third kappa shape index (κ3) is 5.55. The Balaban J connectivity index is 1.85. The third-order valence-electron chi connectivity index (χ3n) is 3.60. The maximum absolute atomic E-state index is 11.7. The highest BCUT2D eigenvalue weighted by Crippen LogP contribution is 2.27. The van der Waals surface area contributed by atoms with E-state index in [2.05, 4.69) is 21.2 Å². The lowest BCUT2D eigenvalue weighted by Gasteiger charge is -2.20. The molecule has 0 saturated heterocycles. The lowest BCUT2D eigenvalue weighted by atomic mass is 10.0. The largest absolute Gasteiger partial charge is 0.478 e. The highest BCUT2D eigenvalue weighted by molar-refractivity contribution is 9.10. The van der Waals surface area contributed by atoms with Crippen LogP contribution in [0.5, 0.6) is 0 Å². The Morgan fingerprint density at radius 2 is 1.81 bits per heavy atom. The van der Waals surface area contributed by atoms with E-state index in [4.69, 9.17) is 9.84 Å². The maximum atomic E-state index is 11.7. The summed E-state index contributed by atoms with van der Waals surface area (Å²) in [5.41, 5.74) is 1.18. The number of halogens is 1. The lowest BCUT2D eigenvalue weighted by Crippen LogP contribution is -2.35. The van der Waals surface area contributed by atoms with Gasteiger partial charge in [0.25, 0.3) is 0 Å². The summed E-state index contributed by atoms with van der Waals surface area (Å²) in [6.07, 6.45) is -3.34. The summed E-state index contributed by atoms with van der Waals surface area (Å²) in [6.45, 7) is -0.143. The number of ether oxygens (including phenoxy) is 1. The molecule has 0 bridgehead atoms. The zero-order chi connectivity index (χ0) is 19.1. The maximum Gasteiger partial charge on any atom is 0.407 e. The molecular weight excluding hydrogens is 406 g/mol. The van der Waals surface area contributed by atoms with Crippen LogP contribution in [0.15, 0.2) is 53.0 Å². The molecule has 2 unspecified atom stereocenters. The molecule has 1 amide bonds. The van der Waals surface area contributed by atoms with Gasteiger partial charge in [0, 0.05) is 11.0 Å². The van der Waals surface area contributed by atoms with Gasteiger partial charge in [0.1, 0.15) is 18.8 Å². The van der Waals surface area contributed by atoms with Crippen molar-refractivity contribution in [2.45, 2.75) is 18.8 Å². The highest BCUT2D eigenvalue weighted by atomic mass is 79.9. The number of aromatic carboxylic acids is 1. The van der Waals surface area contributed by atoms with Gasteiger partial charge < -0.3 is 25.4 Å². The first-order valence-corrected chi connectivity index (χ1v) is 8.51. The molecule has 0 spiro atoms. The van der Waals surface area contributed by atoms with Gasteiger partial charge in [0.15, 0.2) is 0 Å². The van der Waals surface area contributed by atoms with Crippen LogP contribution in [0.2, 0.25) is 0 Å². The first-order chi connectivity index (χ1) is 12.4. The van der Waals surface area contributed by atoms with Crippen molar-refractivity contribution >= 4 is 28.0 Å². The van der Waals surface area contributed by atoms with E-state index in [0.29, 0.717) is 10.0 Å². The molecule has 8 heteroatoms. The Bertz CT molecular complexity index is 768. The molecule has 0 aliphatic rings. The summed E-state index contributed by atoms with van der Waals surface area (Å²) in [6, 6.07) is 13.2.